The molecule has 5 nitrogen and oxygen atoms in total. The van der Waals surface area contributed by atoms with Gasteiger partial charge in [-0.1, -0.05) is 13.8 Å². The van der Waals surface area contributed by atoms with Gasteiger partial charge in [0, 0.05) is 19.6 Å². The fraction of sp³-hybridized carbons (Fsp3) is 0.588. The predicted octanol–water partition coefficient (Wildman–Crippen LogP) is -0.786. The van der Waals surface area contributed by atoms with Gasteiger partial charge in [-0.15, -0.1) is 0 Å². The van der Waals surface area contributed by atoms with Crippen molar-refractivity contribution in [3.63, 3.8) is 0 Å². The van der Waals surface area contributed by atoms with Crippen molar-refractivity contribution in [2.45, 2.75) is 13.8 Å². The number of carbonyl (C=O) groups excluding carboxylic acids is 1. The number of hydrogen-bond donors (Lipinski definition) is 0. The van der Waals surface area contributed by atoms with Crippen LogP contribution in [0.4, 0.5) is 0 Å². The summed E-state index contributed by atoms with van der Waals surface area (Å²) in [4.78, 5) is 14.2. The van der Waals surface area contributed by atoms with E-state index in [0.717, 1.165) is 38.6 Å². The minimum atomic E-state index is -0.288. The molecule has 1 aliphatic heterocycles. The minimum absolute atomic E-state index is 0. The summed E-state index contributed by atoms with van der Waals surface area (Å²) in [5.74, 6) is 0.965. The highest BCUT2D eigenvalue weighted by Crippen LogP contribution is 2.14. The number of esters is 1. The van der Waals surface area contributed by atoms with Gasteiger partial charge in [-0.25, -0.2) is 4.79 Å². The summed E-state index contributed by atoms with van der Waals surface area (Å²) >= 11 is 0. The van der Waals surface area contributed by atoms with Crippen molar-refractivity contribution in [1.29, 1.82) is 0 Å². The molecule has 23 heavy (non-hydrogen) atoms. The van der Waals surface area contributed by atoms with E-state index in [0.29, 0.717) is 24.7 Å². The van der Waals surface area contributed by atoms with Gasteiger partial charge in [0.05, 0.1) is 25.4 Å². The van der Waals surface area contributed by atoms with Crippen LogP contribution in [0.15, 0.2) is 24.3 Å². The zero-order valence-electron chi connectivity index (χ0n) is 13.8. The maximum absolute atomic E-state index is 12.0. The standard InChI is InChI=1S/C17H25NO4.ClH/c1-14(2)13-22-16-5-3-15(4-6-16)17(19)21-12-9-18-7-10-20-11-8-18;/h3-6,14H,7-13H2,1-2H3;1H/p-1. The molecule has 1 heterocycles. The second-order valence-corrected chi connectivity index (χ2v) is 5.82. The van der Waals surface area contributed by atoms with Gasteiger partial charge in [-0.05, 0) is 30.2 Å². The van der Waals surface area contributed by atoms with E-state index < -0.39 is 0 Å². The van der Waals surface area contributed by atoms with E-state index in [-0.39, 0.29) is 18.4 Å². The van der Waals surface area contributed by atoms with Crippen molar-refractivity contribution in [3.05, 3.63) is 29.8 Å². The number of halogens is 1. The Morgan fingerprint density at radius 1 is 1.22 bits per heavy atom. The number of rotatable bonds is 7. The van der Waals surface area contributed by atoms with Gasteiger partial charge in [-0.3, -0.25) is 4.90 Å². The first-order chi connectivity index (χ1) is 10.6. The number of morpholine rings is 1. The van der Waals surface area contributed by atoms with Crippen molar-refractivity contribution in [3.8, 4) is 5.75 Å². The highest BCUT2D eigenvalue weighted by molar-refractivity contribution is 5.89. The number of hydrogen-bond acceptors (Lipinski definition) is 5. The lowest BCUT2D eigenvalue weighted by molar-refractivity contribution is -0.0000380. The molecule has 0 aliphatic carbocycles. The molecule has 0 spiro atoms. The summed E-state index contributed by atoms with van der Waals surface area (Å²) in [6.45, 7) is 9.34. The maximum Gasteiger partial charge on any atom is 0.338 e. The van der Waals surface area contributed by atoms with E-state index >= 15 is 0 Å². The smallest absolute Gasteiger partial charge is 0.338 e. The fourth-order valence-corrected chi connectivity index (χ4v) is 2.13. The van der Waals surface area contributed by atoms with E-state index in [1.165, 1.54) is 0 Å². The summed E-state index contributed by atoms with van der Waals surface area (Å²) in [7, 11) is 0. The zero-order valence-corrected chi connectivity index (χ0v) is 14.6. The Morgan fingerprint density at radius 2 is 1.87 bits per heavy atom. The molecule has 6 heteroatoms. The van der Waals surface area contributed by atoms with Gasteiger partial charge < -0.3 is 26.6 Å². The third kappa shape index (κ3) is 7.20. The van der Waals surface area contributed by atoms with Crippen LogP contribution in [0.25, 0.3) is 0 Å². The molecule has 0 unspecified atom stereocenters. The van der Waals surface area contributed by atoms with E-state index in [9.17, 15) is 4.79 Å². The van der Waals surface area contributed by atoms with E-state index in [2.05, 4.69) is 18.7 Å². The van der Waals surface area contributed by atoms with Crippen LogP contribution in [0, 0.1) is 5.92 Å². The second-order valence-electron chi connectivity index (χ2n) is 5.82. The van der Waals surface area contributed by atoms with Crippen LogP contribution < -0.4 is 17.1 Å². The first kappa shape index (κ1) is 19.7. The molecule has 0 radical (unpaired) electrons. The Balaban J connectivity index is 0.00000264. The number of nitrogens with zero attached hydrogens (tertiary/aromatic N) is 1. The molecule has 2 rings (SSSR count). The van der Waals surface area contributed by atoms with Crippen molar-refractivity contribution in [2.75, 3.05) is 46.1 Å². The Hall–Kier alpha value is -1.30. The van der Waals surface area contributed by atoms with Crippen LogP contribution in [-0.2, 0) is 9.47 Å². The van der Waals surface area contributed by atoms with E-state index in [4.69, 9.17) is 14.2 Å². The first-order valence-electron chi connectivity index (χ1n) is 7.85. The molecule has 1 aromatic rings. The molecular formula is C17H25ClNO4-. The summed E-state index contributed by atoms with van der Waals surface area (Å²) in [6.07, 6.45) is 0. The number of carbonyl (C=O) groups is 1. The second kappa shape index (κ2) is 10.5. The van der Waals surface area contributed by atoms with Crippen LogP contribution >= 0.6 is 0 Å². The van der Waals surface area contributed by atoms with Gasteiger partial charge in [-0.2, -0.15) is 0 Å². The summed E-state index contributed by atoms with van der Waals surface area (Å²) in [6, 6.07) is 7.10. The number of benzene rings is 1. The van der Waals surface area contributed by atoms with Crippen molar-refractivity contribution < 1.29 is 31.4 Å². The fourth-order valence-electron chi connectivity index (χ4n) is 2.13. The molecule has 0 N–H and O–H groups in total. The molecule has 0 saturated carbocycles. The topological polar surface area (TPSA) is 48.0 Å². The molecule has 130 valence electrons. The van der Waals surface area contributed by atoms with Crippen LogP contribution in [0.1, 0.15) is 24.2 Å². The average Bonchev–Trinajstić information content (AvgIpc) is 2.54. The largest absolute Gasteiger partial charge is 1.00 e. The van der Waals surface area contributed by atoms with E-state index in [1.807, 2.05) is 0 Å². The van der Waals surface area contributed by atoms with Gasteiger partial charge >= 0.3 is 5.97 Å². The van der Waals surface area contributed by atoms with Gasteiger partial charge in [0.1, 0.15) is 12.4 Å². The summed E-state index contributed by atoms with van der Waals surface area (Å²) in [5, 5.41) is 0. The lowest BCUT2D eigenvalue weighted by Crippen LogP contribution is -3.00. The van der Waals surface area contributed by atoms with Gasteiger partial charge in [0.2, 0.25) is 0 Å². The van der Waals surface area contributed by atoms with E-state index in [1.54, 1.807) is 24.3 Å². The van der Waals surface area contributed by atoms with Gasteiger partial charge in [0.15, 0.2) is 0 Å². The van der Waals surface area contributed by atoms with Crippen molar-refractivity contribution in [2.24, 2.45) is 5.92 Å². The van der Waals surface area contributed by atoms with Crippen LogP contribution in [-0.4, -0.2) is 56.9 Å². The van der Waals surface area contributed by atoms with Crippen LogP contribution in [0.2, 0.25) is 0 Å². The third-order valence-corrected chi connectivity index (χ3v) is 3.42. The maximum atomic E-state index is 12.0. The summed E-state index contributed by atoms with van der Waals surface area (Å²) in [5.41, 5.74) is 0.555. The molecule has 0 aromatic heterocycles. The van der Waals surface area contributed by atoms with Gasteiger partial charge in [0.25, 0.3) is 0 Å². The Labute approximate surface area is 144 Å². The molecule has 0 atom stereocenters. The lowest BCUT2D eigenvalue weighted by atomic mass is 10.2. The molecule has 1 fully saturated rings. The highest BCUT2D eigenvalue weighted by atomic mass is 35.5. The molecule has 1 saturated heterocycles. The minimum Gasteiger partial charge on any atom is -1.00 e. The highest BCUT2D eigenvalue weighted by Gasteiger charge is 2.12. The lowest BCUT2D eigenvalue weighted by Gasteiger charge is -2.26. The van der Waals surface area contributed by atoms with Crippen LogP contribution in [0.5, 0.6) is 5.75 Å². The summed E-state index contributed by atoms with van der Waals surface area (Å²) < 4.78 is 16.2. The Kier molecular flexibility index (Phi) is 8.99. The molecule has 1 aliphatic rings. The van der Waals surface area contributed by atoms with Crippen molar-refractivity contribution in [1.82, 2.24) is 4.90 Å². The third-order valence-electron chi connectivity index (χ3n) is 3.42. The predicted molar refractivity (Wildman–Crippen MR) is 84.3 cm³/mol. The molecule has 0 amide bonds. The zero-order chi connectivity index (χ0) is 15.8. The van der Waals surface area contributed by atoms with Crippen LogP contribution in [0.3, 0.4) is 0 Å². The average molecular weight is 343 g/mol. The Bertz CT molecular complexity index is 458. The number of ether oxygens (including phenoxy) is 3. The molecular weight excluding hydrogens is 318 g/mol. The monoisotopic (exact) mass is 342 g/mol. The Morgan fingerprint density at radius 3 is 2.48 bits per heavy atom. The quantitative estimate of drug-likeness (QED) is 0.608. The molecule has 1 aromatic carbocycles. The first-order valence-corrected chi connectivity index (χ1v) is 7.85. The van der Waals surface area contributed by atoms with Crippen molar-refractivity contribution >= 4 is 5.97 Å². The normalized spacial score (nSPS) is 15.1. The SMILES string of the molecule is CC(C)COc1ccc(C(=O)OCCN2CCOCC2)cc1.[Cl-]. The molecule has 0 bridgehead atoms.